The number of hydrogen-bond donors (Lipinski definition) is 1. The third-order valence-corrected chi connectivity index (χ3v) is 7.17. The van der Waals surface area contributed by atoms with Crippen LogP contribution in [-0.4, -0.2) is 11.7 Å². The zero-order chi connectivity index (χ0) is 23.9. The first-order valence-electron chi connectivity index (χ1n) is 15.7. The molecule has 0 unspecified atom stereocenters. The molecule has 1 heteroatoms. The summed E-state index contributed by atoms with van der Waals surface area (Å²) < 4.78 is 0. The van der Waals surface area contributed by atoms with E-state index in [0.717, 1.165) is 6.42 Å². The molecule has 0 spiro atoms. The third kappa shape index (κ3) is 31.7. The lowest BCUT2D eigenvalue weighted by Crippen LogP contribution is -1.84. The molecule has 0 bridgehead atoms. The fraction of sp³-hybridized carbons (Fsp3) is 0.938. The number of allylic oxidation sites excluding steroid dienone is 2. The van der Waals surface area contributed by atoms with Gasteiger partial charge in [-0.15, -0.1) is 0 Å². The highest BCUT2D eigenvalue weighted by atomic mass is 16.2. The molecule has 0 aliphatic rings. The Bertz CT molecular complexity index is 348. The molecule has 0 aliphatic carbocycles. The summed E-state index contributed by atoms with van der Waals surface area (Å²) in [6.45, 7) is 2.66. The first kappa shape index (κ1) is 32.7. The second kappa shape index (κ2) is 31.7. The number of hydrogen-bond acceptors (Lipinski definition) is 1. The maximum Gasteiger partial charge on any atom is 0.0431 e. The van der Waals surface area contributed by atoms with Gasteiger partial charge in [0.1, 0.15) is 0 Å². The molecule has 0 aromatic heterocycles. The van der Waals surface area contributed by atoms with Crippen molar-refractivity contribution >= 4 is 0 Å². The minimum atomic E-state index is 0.363. The van der Waals surface area contributed by atoms with Crippen molar-refractivity contribution < 1.29 is 5.11 Å². The Labute approximate surface area is 210 Å². The van der Waals surface area contributed by atoms with E-state index in [1.807, 2.05) is 0 Å². The van der Waals surface area contributed by atoms with Crippen molar-refractivity contribution in [1.82, 2.24) is 0 Å². The van der Waals surface area contributed by atoms with Crippen LogP contribution in [0.3, 0.4) is 0 Å². The summed E-state index contributed by atoms with van der Waals surface area (Å²) in [6, 6.07) is 0. The van der Waals surface area contributed by atoms with Crippen molar-refractivity contribution in [2.24, 2.45) is 0 Å². The average Bonchev–Trinajstić information content (AvgIpc) is 2.83. The van der Waals surface area contributed by atoms with Crippen LogP contribution < -0.4 is 0 Å². The van der Waals surface area contributed by atoms with Gasteiger partial charge in [0, 0.05) is 6.61 Å². The fourth-order valence-corrected chi connectivity index (χ4v) is 4.83. The first-order chi connectivity index (χ1) is 16.4. The van der Waals surface area contributed by atoms with Gasteiger partial charge in [-0.3, -0.25) is 0 Å². The van der Waals surface area contributed by atoms with Gasteiger partial charge < -0.3 is 5.11 Å². The van der Waals surface area contributed by atoms with Gasteiger partial charge in [0.2, 0.25) is 0 Å². The predicted octanol–water partition coefficient (Wildman–Crippen LogP) is 11.5. The van der Waals surface area contributed by atoms with E-state index in [1.165, 1.54) is 173 Å². The summed E-state index contributed by atoms with van der Waals surface area (Å²) in [5.74, 6) is 0. The number of aliphatic hydroxyl groups is 1. The summed E-state index contributed by atoms with van der Waals surface area (Å²) >= 11 is 0. The summed E-state index contributed by atoms with van der Waals surface area (Å²) in [6.07, 6.45) is 44.1. The van der Waals surface area contributed by atoms with Gasteiger partial charge in [-0.25, -0.2) is 0 Å². The molecule has 0 radical (unpaired) electrons. The maximum atomic E-state index is 8.76. The molecule has 0 fully saturated rings. The summed E-state index contributed by atoms with van der Waals surface area (Å²) in [4.78, 5) is 0. The molecule has 1 nitrogen and oxygen atoms in total. The Kier molecular flexibility index (Phi) is 31.4. The van der Waals surface area contributed by atoms with Gasteiger partial charge in [-0.05, 0) is 32.1 Å². The number of unbranched alkanes of at least 4 members (excludes halogenated alkanes) is 26. The van der Waals surface area contributed by atoms with Crippen molar-refractivity contribution in [2.75, 3.05) is 6.61 Å². The van der Waals surface area contributed by atoms with Crippen LogP contribution in [-0.2, 0) is 0 Å². The van der Waals surface area contributed by atoms with E-state index >= 15 is 0 Å². The second-order valence-corrected chi connectivity index (χ2v) is 10.6. The van der Waals surface area contributed by atoms with Gasteiger partial charge in [-0.1, -0.05) is 167 Å². The molecule has 198 valence electrons. The van der Waals surface area contributed by atoms with Crippen LogP contribution in [0.2, 0.25) is 0 Å². The number of rotatable bonds is 29. The van der Waals surface area contributed by atoms with E-state index in [4.69, 9.17) is 5.11 Å². The molecule has 0 aromatic rings. The minimum Gasteiger partial charge on any atom is -0.396 e. The largest absolute Gasteiger partial charge is 0.396 e. The smallest absolute Gasteiger partial charge is 0.0431 e. The Morgan fingerprint density at radius 3 is 0.848 bits per heavy atom. The standard InChI is InChI=1S/C32H64O/c1-2-3-4-5-6-7-8-9-10-11-12-13-14-15-16-17-18-19-20-21-22-23-24-25-26-27-28-29-30-31-32-33/h23-24,33H,2-22,25-32H2,1H3/b24-23-. The van der Waals surface area contributed by atoms with E-state index < -0.39 is 0 Å². The lowest BCUT2D eigenvalue weighted by molar-refractivity contribution is 0.282. The molecular weight excluding hydrogens is 400 g/mol. The van der Waals surface area contributed by atoms with Gasteiger partial charge in [-0.2, -0.15) is 0 Å². The lowest BCUT2D eigenvalue weighted by atomic mass is 10.0. The van der Waals surface area contributed by atoms with Crippen LogP contribution in [0.1, 0.15) is 187 Å². The predicted molar refractivity (Wildman–Crippen MR) is 151 cm³/mol. The quantitative estimate of drug-likeness (QED) is 0.0861. The zero-order valence-electron chi connectivity index (χ0n) is 23.1. The summed E-state index contributed by atoms with van der Waals surface area (Å²) in [5, 5.41) is 8.76. The highest BCUT2D eigenvalue weighted by Crippen LogP contribution is 2.15. The van der Waals surface area contributed by atoms with Crippen molar-refractivity contribution in [2.45, 2.75) is 187 Å². The topological polar surface area (TPSA) is 20.2 Å². The molecule has 0 aromatic carbocycles. The van der Waals surface area contributed by atoms with Gasteiger partial charge >= 0.3 is 0 Å². The Morgan fingerprint density at radius 2 is 0.576 bits per heavy atom. The fourth-order valence-electron chi connectivity index (χ4n) is 4.83. The zero-order valence-corrected chi connectivity index (χ0v) is 23.1. The monoisotopic (exact) mass is 464 g/mol. The molecular formula is C32H64O. The van der Waals surface area contributed by atoms with Crippen LogP contribution in [0.4, 0.5) is 0 Å². The lowest BCUT2D eigenvalue weighted by Gasteiger charge is -2.04. The molecule has 0 rings (SSSR count). The molecule has 0 amide bonds. The van der Waals surface area contributed by atoms with Crippen molar-refractivity contribution in [3.8, 4) is 0 Å². The maximum absolute atomic E-state index is 8.76. The highest BCUT2D eigenvalue weighted by molar-refractivity contribution is 4.81. The molecule has 33 heavy (non-hydrogen) atoms. The van der Waals surface area contributed by atoms with Crippen LogP contribution in [0.15, 0.2) is 12.2 Å². The van der Waals surface area contributed by atoms with Gasteiger partial charge in [0.25, 0.3) is 0 Å². The first-order valence-corrected chi connectivity index (χ1v) is 15.7. The van der Waals surface area contributed by atoms with E-state index in [9.17, 15) is 0 Å². The second-order valence-electron chi connectivity index (χ2n) is 10.6. The summed E-state index contributed by atoms with van der Waals surface area (Å²) in [7, 11) is 0. The van der Waals surface area contributed by atoms with Crippen LogP contribution >= 0.6 is 0 Å². The normalized spacial score (nSPS) is 11.7. The molecule has 0 saturated heterocycles. The molecule has 0 heterocycles. The van der Waals surface area contributed by atoms with Crippen LogP contribution in [0, 0.1) is 0 Å². The van der Waals surface area contributed by atoms with E-state index in [1.54, 1.807) is 0 Å². The van der Waals surface area contributed by atoms with Crippen LogP contribution in [0.5, 0.6) is 0 Å². The van der Waals surface area contributed by atoms with Gasteiger partial charge in [0.05, 0.1) is 0 Å². The molecule has 0 aliphatic heterocycles. The third-order valence-electron chi connectivity index (χ3n) is 7.17. The average molecular weight is 465 g/mol. The highest BCUT2D eigenvalue weighted by Gasteiger charge is 1.95. The SMILES string of the molecule is CCCCCCCCCCCCCCCCCCCCCC/C=C\CCCCCCCCO. The Hall–Kier alpha value is -0.300. The Morgan fingerprint density at radius 1 is 0.333 bits per heavy atom. The van der Waals surface area contributed by atoms with Crippen molar-refractivity contribution in [3.63, 3.8) is 0 Å². The molecule has 0 atom stereocenters. The van der Waals surface area contributed by atoms with E-state index in [0.29, 0.717) is 6.61 Å². The van der Waals surface area contributed by atoms with Gasteiger partial charge in [0.15, 0.2) is 0 Å². The molecule has 1 N–H and O–H groups in total. The van der Waals surface area contributed by atoms with E-state index in [-0.39, 0.29) is 0 Å². The number of aliphatic hydroxyl groups excluding tert-OH is 1. The van der Waals surface area contributed by atoms with Crippen molar-refractivity contribution in [3.05, 3.63) is 12.2 Å². The minimum absolute atomic E-state index is 0.363. The van der Waals surface area contributed by atoms with E-state index in [2.05, 4.69) is 19.1 Å². The molecule has 0 saturated carbocycles. The van der Waals surface area contributed by atoms with Crippen molar-refractivity contribution in [1.29, 1.82) is 0 Å². The Balaban J connectivity index is 3.05. The summed E-state index contributed by atoms with van der Waals surface area (Å²) in [5.41, 5.74) is 0. The van der Waals surface area contributed by atoms with Crippen LogP contribution in [0.25, 0.3) is 0 Å².